The molecule has 8 heavy (non-hydrogen) atoms. The molecule has 1 fully saturated rings. The lowest BCUT2D eigenvalue weighted by atomic mass is 9.99. The number of rotatable bonds is 0. The molecular weight excluding hydrogens is 124 g/mol. The van der Waals surface area contributed by atoms with Crippen molar-refractivity contribution in [3.05, 3.63) is 6.42 Å². The maximum absolute atomic E-state index is 10.6. The zero-order valence-corrected chi connectivity index (χ0v) is 5.32. The van der Waals surface area contributed by atoms with Gasteiger partial charge < -0.3 is 0 Å². The molecule has 0 aromatic rings. The van der Waals surface area contributed by atoms with Crippen LogP contribution in [0.3, 0.4) is 0 Å². The van der Waals surface area contributed by atoms with Crippen LogP contribution in [0.5, 0.6) is 0 Å². The highest BCUT2D eigenvalue weighted by Crippen LogP contribution is 2.17. The first-order valence-corrected chi connectivity index (χ1v) is 3.25. The molecule has 1 nitrogen and oxygen atoms in total. The van der Waals surface area contributed by atoms with Crippen molar-refractivity contribution in [1.29, 1.82) is 0 Å². The smallest absolute Gasteiger partial charge is 0.242 e. The maximum atomic E-state index is 10.6. The molecule has 1 atom stereocenters. The van der Waals surface area contributed by atoms with Crippen molar-refractivity contribution < 1.29 is 4.79 Å². The molecule has 0 aromatic carbocycles. The lowest BCUT2D eigenvalue weighted by Gasteiger charge is -2.04. The van der Waals surface area contributed by atoms with E-state index < -0.39 is 0 Å². The summed E-state index contributed by atoms with van der Waals surface area (Å²) in [4.78, 5) is 10.6. The summed E-state index contributed by atoms with van der Waals surface area (Å²) in [6.07, 6.45) is 4.53. The van der Waals surface area contributed by atoms with E-state index in [1.807, 2.05) is 0 Å². The lowest BCUT2D eigenvalue weighted by molar-refractivity contribution is -0.116. The minimum atomic E-state index is -0.219. The van der Waals surface area contributed by atoms with Crippen LogP contribution >= 0.6 is 11.6 Å². The molecule has 0 radical (unpaired) electrons. The van der Waals surface area contributed by atoms with Crippen LogP contribution in [0.2, 0.25) is 0 Å². The van der Waals surface area contributed by atoms with E-state index in [0.29, 0.717) is 0 Å². The van der Waals surface area contributed by atoms with Gasteiger partial charge in [-0.3, -0.25) is 0 Å². The van der Waals surface area contributed by atoms with Gasteiger partial charge in [0.15, 0.2) is 6.42 Å². The Morgan fingerprint density at radius 2 is 2.50 bits per heavy atom. The maximum Gasteiger partial charge on any atom is 0.323 e. The second kappa shape index (κ2) is 2.40. The van der Waals surface area contributed by atoms with Gasteiger partial charge in [0.05, 0.1) is 6.42 Å². The number of carbonyl (C=O) groups is 1. The summed E-state index contributed by atoms with van der Waals surface area (Å²) in [5, 5.41) is -0.219. The zero-order valence-electron chi connectivity index (χ0n) is 4.56. The van der Waals surface area contributed by atoms with E-state index in [1.165, 1.54) is 0 Å². The number of hydrogen-bond donors (Lipinski definition) is 0. The van der Waals surface area contributed by atoms with Gasteiger partial charge in [-0.1, -0.05) is 0 Å². The minimum Gasteiger partial charge on any atom is -0.242 e. The summed E-state index contributed by atoms with van der Waals surface area (Å²) >= 11 is 5.59. The monoisotopic (exact) mass is 131 g/mol. The second-order valence-electron chi connectivity index (χ2n) is 2.00. The van der Waals surface area contributed by atoms with Crippen molar-refractivity contribution in [2.24, 2.45) is 0 Å². The van der Waals surface area contributed by atoms with E-state index in [4.69, 9.17) is 11.6 Å². The third-order valence-corrected chi connectivity index (χ3v) is 1.75. The van der Waals surface area contributed by atoms with Crippen LogP contribution in [0, 0.1) is 6.42 Å². The molecule has 0 spiro atoms. The Kier molecular flexibility index (Phi) is 1.79. The Balaban J connectivity index is 2.39. The van der Waals surface area contributed by atoms with Crippen LogP contribution in [0.4, 0.5) is 0 Å². The summed E-state index contributed by atoms with van der Waals surface area (Å²) in [6.45, 7) is 0. The number of alkyl halides is 1. The van der Waals surface area contributed by atoms with Crippen LogP contribution in [0.25, 0.3) is 0 Å². The zero-order chi connectivity index (χ0) is 5.98. The molecule has 1 saturated carbocycles. The first kappa shape index (κ1) is 5.96. The molecule has 1 rings (SSSR count). The number of hydrogen-bond acceptors (Lipinski definition) is 1. The van der Waals surface area contributed by atoms with Crippen LogP contribution in [0.1, 0.15) is 19.3 Å². The fraction of sp³-hybridized carbons (Fsp3) is 0.667. The Hall–Kier alpha value is -0.170. The number of carbonyl (C=O) groups excluding carboxylic acids is 1. The van der Waals surface area contributed by atoms with Gasteiger partial charge in [-0.05, 0) is 12.8 Å². The van der Waals surface area contributed by atoms with Crippen LogP contribution in [0.15, 0.2) is 0 Å². The van der Waals surface area contributed by atoms with Gasteiger partial charge in [0.2, 0.25) is 0 Å². The lowest BCUT2D eigenvalue weighted by Crippen LogP contribution is -2.18. The van der Waals surface area contributed by atoms with Crippen molar-refractivity contribution in [2.45, 2.75) is 24.6 Å². The average Bonchev–Trinajstić information content (AvgIpc) is 1.77. The Labute approximate surface area is 54.0 Å². The van der Waals surface area contributed by atoms with Crippen molar-refractivity contribution in [2.75, 3.05) is 0 Å². The van der Waals surface area contributed by atoms with Gasteiger partial charge in [-0.25, -0.2) is 4.79 Å². The van der Waals surface area contributed by atoms with Gasteiger partial charge in [-0.15, -0.1) is 11.6 Å². The van der Waals surface area contributed by atoms with Crippen LogP contribution in [-0.4, -0.2) is 11.2 Å². The van der Waals surface area contributed by atoms with E-state index >= 15 is 0 Å². The highest BCUT2D eigenvalue weighted by Gasteiger charge is 2.27. The fourth-order valence-electron chi connectivity index (χ4n) is 0.812. The highest BCUT2D eigenvalue weighted by molar-refractivity contribution is 6.32. The normalized spacial score (nSPS) is 29.6. The van der Waals surface area contributed by atoms with Crippen LogP contribution < -0.4 is 0 Å². The summed E-state index contributed by atoms with van der Waals surface area (Å²) < 4.78 is 0. The standard InChI is InChI=1S/C6H8ClO/c7-5-3-1-2-4-6(5)8/h4-5H,1-3H2/q+1. The molecule has 0 amide bonds. The average molecular weight is 132 g/mol. The predicted octanol–water partition coefficient (Wildman–Crippen LogP) is 1.55. The minimum absolute atomic E-state index is 0.109. The van der Waals surface area contributed by atoms with E-state index in [0.717, 1.165) is 19.3 Å². The topological polar surface area (TPSA) is 17.1 Å². The molecule has 1 aliphatic rings. The van der Waals surface area contributed by atoms with Crippen molar-refractivity contribution in [3.8, 4) is 0 Å². The van der Waals surface area contributed by atoms with E-state index in [2.05, 4.69) is 0 Å². The molecule has 1 unspecified atom stereocenters. The molecule has 0 N–H and O–H groups in total. The van der Waals surface area contributed by atoms with Gasteiger partial charge in [0, 0.05) is 0 Å². The quantitative estimate of drug-likeness (QED) is 0.360. The van der Waals surface area contributed by atoms with Crippen molar-refractivity contribution in [1.82, 2.24) is 0 Å². The summed E-state index contributed by atoms with van der Waals surface area (Å²) in [5.41, 5.74) is 0. The molecular formula is C6H8ClO+. The van der Waals surface area contributed by atoms with E-state index in [1.54, 1.807) is 6.42 Å². The van der Waals surface area contributed by atoms with Gasteiger partial charge in [0.25, 0.3) is 0 Å². The molecule has 0 heterocycles. The number of ketones is 1. The third-order valence-electron chi connectivity index (χ3n) is 1.32. The van der Waals surface area contributed by atoms with Gasteiger partial charge >= 0.3 is 5.78 Å². The third kappa shape index (κ3) is 1.16. The first-order valence-electron chi connectivity index (χ1n) is 2.82. The molecule has 0 saturated heterocycles. The van der Waals surface area contributed by atoms with Crippen molar-refractivity contribution >= 4 is 17.4 Å². The van der Waals surface area contributed by atoms with Crippen LogP contribution in [-0.2, 0) is 4.79 Å². The van der Waals surface area contributed by atoms with E-state index in [-0.39, 0.29) is 11.2 Å². The fourth-order valence-corrected chi connectivity index (χ4v) is 1.05. The Bertz CT molecular complexity index is 101. The largest absolute Gasteiger partial charge is 0.323 e. The summed E-state index contributed by atoms with van der Waals surface area (Å²) in [5.74, 6) is 0.109. The first-order chi connectivity index (χ1) is 3.80. The molecule has 2 heteroatoms. The molecule has 0 aliphatic heterocycles. The SMILES string of the molecule is O=C1[CH+]CCCC1Cl. The number of Topliss-reactive ketones (excluding diaryl/α,β-unsaturated/α-hetero) is 1. The molecule has 0 bridgehead atoms. The highest BCUT2D eigenvalue weighted by atomic mass is 35.5. The Morgan fingerprint density at radius 1 is 1.75 bits per heavy atom. The molecule has 1 aliphatic carbocycles. The predicted molar refractivity (Wildman–Crippen MR) is 32.8 cm³/mol. The molecule has 0 aromatic heterocycles. The van der Waals surface area contributed by atoms with E-state index in [9.17, 15) is 4.79 Å². The Morgan fingerprint density at radius 3 is 2.88 bits per heavy atom. The van der Waals surface area contributed by atoms with Gasteiger partial charge in [-0.2, -0.15) is 0 Å². The number of halogens is 1. The van der Waals surface area contributed by atoms with Gasteiger partial charge in [0.1, 0.15) is 5.38 Å². The summed E-state index contributed by atoms with van der Waals surface area (Å²) in [7, 11) is 0. The van der Waals surface area contributed by atoms with Crippen molar-refractivity contribution in [3.63, 3.8) is 0 Å². The second-order valence-corrected chi connectivity index (χ2v) is 2.53. The molecule has 44 valence electrons. The summed E-state index contributed by atoms with van der Waals surface area (Å²) in [6, 6.07) is 0.